The minimum atomic E-state index is 0.866. The molecule has 0 fully saturated rings. The Hall–Kier alpha value is -0.0400. The second-order valence-corrected chi connectivity index (χ2v) is 3.16. The zero-order chi connectivity index (χ0) is 9.28. The van der Waals surface area contributed by atoms with Crippen LogP contribution in [0.3, 0.4) is 0 Å². The van der Waals surface area contributed by atoms with E-state index in [1.54, 1.807) is 0 Å². The van der Waals surface area contributed by atoms with Gasteiger partial charge in [-0.1, -0.05) is 34.1 Å². The fourth-order valence-electron chi connectivity index (χ4n) is 1.21. The molecular formula is C10H25N. The maximum absolute atomic E-state index is 2.31. The van der Waals surface area contributed by atoms with Crippen molar-refractivity contribution in [3.8, 4) is 0 Å². The number of hydrogen-bond donors (Lipinski definition) is 0. The zero-order valence-corrected chi connectivity index (χ0v) is 9.15. The van der Waals surface area contributed by atoms with Crippen molar-refractivity contribution >= 4 is 0 Å². The Morgan fingerprint density at radius 1 is 1.18 bits per heavy atom. The minimum absolute atomic E-state index is 0.866. The van der Waals surface area contributed by atoms with Gasteiger partial charge in [0.15, 0.2) is 0 Å². The molecule has 70 valence electrons. The molecule has 0 aromatic heterocycles. The molecule has 0 saturated carbocycles. The molecule has 1 heteroatoms. The molecule has 0 aromatic rings. The van der Waals surface area contributed by atoms with E-state index in [0.717, 1.165) is 5.92 Å². The van der Waals surface area contributed by atoms with E-state index in [2.05, 4.69) is 32.8 Å². The van der Waals surface area contributed by atoms with Gasteiger partial charge in [0.25, 0.3) is 0 Å². The summed E-state index contributed by atoms with van der Waals surface area (Å²) in [6.07, 6.45) is 2.67. The molecule has 0 aliphatic heterocycles. The third kappa shape index (κ3) is 13.0. The van der Waals surface area contributed by atoms with E-state index in [1.807, 2.05) is 13.8 Å². The van der Waals surface area contributed by atoms with Crippen LogP contribution in [0.4, 0.5) is 0 Å². The van der Waals surface area contributed by atoms with Gasteiger partial charge in [-0.3, -0.25) is 0 Å². The van der Waals surface area contributed by atoms with Gasteiger partial charge < -0.3 is 4.90 Å². The Kier molecular flexibility index (Phi) is 12.3. The van der Waals surface area contributed by atoms with Gasteiger partial charge in [0.05, 0.1) is 0 Å². The third-order valence-electron chi connectivity index (χ3n) is 1.46. The van der Waals surface area contributed by atoms with Crippen molar-refractivity contribution in [2.24, 2.45) is 5.92 Å². The predicted octanol–water partition coefficient (Wildman–Crippen LogP) is 3.01. The van der Waals surface area contributed by atoms with Gasteiger partial charge in [0, 0.05) is 6.54 Å². The van der Waals surface area contributed by atoms with Crippen molar-refractivity contribution in [1.82, 2.24) is 4.90 Å². The summed E-state index contributed by atoms with van der Waals surface area (Å²) in [5.41, 5.74) is 0. The SMILES string of the molecule is CC.CCCC(C)CN(C)C. The zero-order valence-electron chi connectivity index (χ0n) is 9.15. The highest BCUT2D eigenvalue weighted by Gasteiger charge is 1.99. The quantitative estimate of drug-likeness (QED) is 0.609. The lowest BCUT2D eigenvalue weighted by atomic mass is 10.1. The summed E-state index contributed by atoms with van der Waals surface area (Å²) >= 11 is 0. The molecule has 0 spiro atoms. The lowest BCUT2D eigenvalue weighted by Crippen LogP contribution is -2.19. The maximum atomic E-state index is 2.31. The lowest BCUT2D eigenvalue weighted by Gasteiger charge is -2.15. The van der Waals surface area contributed by atoms with E-state index < -0.39 is 0 Å². The van der Waals surface area contributed by atoms with Crippen LogP contribution in [0, 0.1) is 5.92 Å². The number of rotatable bonds is 4. The lowest BCUT2D eigenvalue weighted by molar-refractivity contribution is 0.326. The van der Waals surface area contributed by atoms with Crippen molar-refractivity contribution < 1.29 is 0 Å². The number of hydrogen-bond acceptors (Lipinski definition) is 1. The molecule has 1 atom stereocenters. The van der Waals surface area contributed by atoms with Crippen molar-refractivity contribution in [3.05, 3.63) is 0 Å². The molecule has 0 aromatic carbocycles. The Morgan fingerprint density at radius 3 is 1.91 bits per heavy atom. The topological polar surface area (TPSA) is 3.24 Å². The van der Waals surface area contributed by atoms with Crippen LogP contribution < -0.4 is 0 Å². The van der Waals surface area contributed by atoms with Gasteiger partial charge >= 0.3 is 0 Å². The molecule has 0 bridgehead atoms. The first kappa shape index (κ1) is 13.5. The van der Waals surface area contributed by atoms with Crippen LogP contribution in [-0.4, -0.2) is 25.5 Å². The average molecular weight is 159 g/mol. The van der Waals surface area contributed by atoms with Gasteiger partial charge in [0.2, 0.25) is 0 Å². The van der Waals surface area contributed by atoms with Crippen LogP contribution in [0.1, 0.15) is 40.5 Å². The largest absolute Gasteiger partial charge is 0.309 e. The Labute approximate surface area is 72.8 Å². The highest BCUT2D eigenvalue weighted by Crippen LogP contribution is 2.04. The van der Waals surface area contributed by atoms with E-state index in [-0.39, 0.29) is 0 Å². The standard InChI is InChI=1S/C8H19N.C2H6/c1-5-6-8(2)7-9(3)4;1-2/h8H,5-7H2,1-4H3;1-2H3. The van der Waals surface area contributed by atoms with Crippen LogP contribution in [0.15, 0.2) is 0 Å². The summed E-state index contributed by atoms with van der Waals surface area (Å²) in [7, 11) is 4.26. The predicted molar refractivity (Wildman–Crippen MR) is 54.0 cm³/mol. The molecule has 0 radical (unpaired) electrons. The average Bonchev–Trinajstić information content (AvgIpc) is 1.91. The third-order valence-corrected chi connectivity index (χ3v) is 1.46. The first-order valence-electron chi connectivity index (χ1n) is 4.81. The van der Waals surface area contributed by atoms with E-state index in [0.29, 0.717) is 0 Å². The van der Waals surface area contributed by atoms with E-state index in [4.69, 9.17) is 0 Å². The summed E-state index contributed by atoms with van der Waals surface area (Å²) in [4.78, 5) is 2.25. The Balaban J connectivity index is 0. The molecule has 0 rings (SSSR count). The fourth-order valence-corrected chi connectivity index (χ4v) is 1.21. The van der Waals surface area contributed by atoms with Crippen LogP contribution in [0.25, 0.3) is 0 Å². The molecule has 0 aliphatic carbocycles. The summed E-state index contributed by atoms with van der Waals surface area (Å²) in [5, 5.41) is 0. The van der Waals surface area contributed by atoms with Crippen molar-refractivity contribution in [2.75, 3.05) is 20.6 Å². The van der Waals surface area contributed by atoms with Crippen LogP contribution in [0.5, 0.6) is 0 Å². The number of nitrogens with zero attached hydrogens (tertiary/aromatic N) is 1. The van der Waals surface area contributed by atoms with Gasteiger partial charge in [-0.15, -0.1) is 0 Å². The fraction of sp³-hybridized carbons (Fsp3) is 1.00. The van der Waals surface area contributed by atoms with Crippen LogP contribution in [-0.2, 0) is 0 Å². The normalized spacial score (nSPS) is 12.3. The van der Waals surface area contributed by atoms with Gasteiger partial charge in [-0.2, -0.15) is 0 Å². The van der Waals surface area contributed by atoms with Gasteiger partial charge in [-0.25, -0.2) is 0 Å². The molecule has 0 saturated heterocycles. The highest BCUT2D eigenvalue weighted by molar-refractivity contribution is 4.54. The minimum Gasteiger partial charge on any atom is -0.309 e. The molecule has 0 N–H and O–H groups in total. The maximum Gasteiger partial charge on any atom is 0.0000918 e. The smallest absolute Gasteiger partial charge is 0.0000918 e. The molecule has 0 amide bonds. The molecule has 0 heterocycles. The van der Waals surface area contributed by atoms with Crippen LogP contribution >= 0.6 is 0 Å². The first-order chi connectivity index (χ1) is 5.16. The van der Waals surface area contributed by atoms with Crippen molar-refractivity contribution in [2.45, 2.75) is 40.5 Å². The van der Waals surface area contributed by atoms with Crippen LogP contribution in [0.2, 0.25) is 0 Å². The highest BCUT2D eigenvalue weighted by atomic mass is 15.1. The van der Waals surface area contributed by atoms with Crippen molar-refractivity contribution in [1.29, 1.82) is 0 Å². The Bertz CT molecular complexity index is 59.9. The molecule has 11 heavy (non-hydrogen) atoms. The molecule has 1 nitrogen and oxygen atoms in total. The van der Waals surface area contributed by atoms with Crippen molar-refractivity contribution in [3.63, 3.8) is 0 Å². The summed E-state index contributed by atoms with van der Waals surface area (Å²) < 4.78 is 0. The Morgan fingerprint density at radius 2 is 1.64 bits per heavy atom. The summed E-state index contributed by atoms with van der Waals surface area (Å²) in [6.45, 7) is 9.78. The second kappa shape index (κ2) is 9.96. The van der Waals surface area contributed by atoms with E-state index in [9.17, 15) is 0 Å². The van der Waals surface area contributed by atoms with Gasteiger partial charge in [0.1, 0.15) is 0 Å². The van der Waals surface area contributed by atoms with Gasteiger partial charge in [-0.05, 0) is 26.4 Å². The first-order valence-corrected chi connectivity index (χ1v) is 4.81. The van der Waals surface area contributed by atoms with E-state index >= 15 is 0 Å². The summed E-state index contributed by atoms with van der Waals surface area (Å²) in [6, 6.07) is 0. The molecular weight excluding hydrogens is 134 g/mol. The summed E-state index contributed by atoms with van der Waals surface area (Å²) in [5.74, 6) is 0.866. The monoisotopic (exact) mass is 159 g/mol. The van der Waals surface area contributed by atoms with E-state index in [1.165, 1.54) is 19.4 Å². The molecule has 0 aliphatic rings. The molecule has 1 unspecified atom stereocenters. The second-order valence-electron chi connectivity index (χ2n) is 3.16.